The maximum Gasteiger partial charge on any atom is 0.343 e. The summed E-state index contributed by atoms with van der Waals surface area (Å²) >= 11 is 5.95. The van der Waals surface area contributed by atoms with Crippen molar-refractivity contribution in [3.05, 3.63) is 109 Å². The zero-order chi connectivity index (χ0) is 27.4. The zero-order valence-electron chi connectivity index (χ0n) is 20.8. The van der Waals surface area contributed by atoms with E-state index in [-0.39, 0.29) is 47.7 Å². The van der Waals surface area contributed by atoms with Crippen LogP contribution in [0.25, 0.3) is 5.52 Å². The minimum absolute atomic E-state index is 0.0183. The number of hydrogen-bond donors (Lipinski definition) is 0. The van der Waals surface area contributed by atoms with Gasteiger partial charge in [0.1, 0.15) is 18.0 Å². The van der Waals surface area contributed by atoms with Crippen molar-refractivity contribution in [3.63, 3.8) is 0 Å². The average Bonchev–Trinajstić information content (AvgIpc) is 2.92. The molecule has 0 N–H and O–H groups in total. The Kier molecular flexibility index (Phi) is 8.13. The molecule has 0 saturated heterocycles. The highest BCUT2D eigenvalue weighted by molar-refractivity contribution is 6.30. The molecule has 4 aromatic rings. The summed E-state index contributed by atoms with van der Waals surface area (Å²) in [6.07, 6.45) is 1.18. The first-order valence-corrected chi connectivity index (χ1v) is 11.8. The first-order chi connectivity index (χ1) is 18.3. The highest BCUT2D eigenvalue weighted by Crippen LogP contribution is 2.25. The van der Waals surface area contributed by atoms with E-state index in [1.165, 1.54) is 40.5 Å². The summed E-state index contributed by atoms with van der Waals surface area (Å²) < 4.78 is 37.9. The second kappa shape index (κ2) is 11.5. The summed E-state index contributed by atoms with van der Waals surface area (Å²) in [6, 6.07) is 13.1. The van der Waals surface area contributed by atoms with Crippen molar-refractivity contribution in [1.82, 2.24) is 8.97 Å². The Hall–Kier alpha value is -4.15. The second-order valence-corrected chi connectivity index (χ2v) is 8.67. The van der Waals surface area contributed by atoms with E-state index in [2.05, 4.69) is 0 Å². The van der Waals surface area contributed by atoms with Crippen LogP contribution >= 0.6 is 11.6 Å². The highest BCUT2D eigenvalue weighted by atomic mass is 35.5. The number of pyridine rings is 1. The summed E-state index contributed by atoms with van der Waals surface area (Å²) in [4.78, 5) is 39.8. The number of carbonyl (C=O) groups is 1. The number of nitrogens with zero attached hydrogens (tertiary/aromatic N) is 2. The maximum absolute atomic E-state index is 13.9. The predicted molar refractivity (Wildman–Crippen MR) is 138 cm³/mol. The lowest BCUT2D eigenvalue weighted by molar-refractivity contribution is 0.0455. The molecule has 198 valence electrons. The largest absolute Gasteiger partial charge is 0.483 e. The molecule has 2 heterocycles. The van der Waals surface area contributed by atoms with Crippen molar-refractivity contribution in [3.8, 4) is 11.6 Å². The summed E-state index contributed by atoms with van der Waals surface area (Å²) in [6.45, 7) is 1.36. The molecule has 0 amide bonds. The van der Waals surface area contributed by atoms with Crippen LogP contribution in [0, 0.1) is 12.7 Å². The van der Waals surface area contributed by atoms with Crippen molar-refractivity contribution in [1.29, 1.82) is 0 Å². The van der Waals surface area contributed by atoms with Gasteiger partial charge < -0.3 is 23.5 Å². The molecule has 0 bridgehead atoms. The van der Waals surface area contributed by atoms with Crippen molar-refractivity contribution >= 4 is 23.1 Å². The summed E-state index contributed by atoms with van der Waals surface area (Å²) in [5.74, 6) is -1.74. The summed E-state index contributed by atoms with van der Waals surface area (Å²) in [5.41, 5.74) is -0.331. The van der Waals surface area contributed by atoms with Crippen LogP contribution in [0.3, 0.4) is 0 Å². The Morgan fingerprint density at radius 1 is 1.03 bits per heavy atom. The van der Waals surface area contributed by atoms with E-state index >= 15 is 0 Å². The third kappa shape index (κ3) is 5.27. The van der Waals surface area contributed by atoms with Gasteiger partial charge in [-0.15, -0.1) is 0 Å². The van der Waals surface area contributed by atoms with Crippen LogP contribution in [0.15, 0.2) is 64.3 Å². The number of aromatic nitrogens is 2. The van der Waals surface area contributed by atoms with Gasteiger partial charge >= 0.3 is 5.97 Å². The lowest BCUT2D eigenvalue weighted by Gasteiger charge is -2.20. The molecule has 38 heavy (non-hydrogen) atoms. The molecule has 0 unspecified atom stereocenters. The normalized spacial score (nSPS) is 11.0. The van der Waals surface area contributed by atoms with E-state index in [9.17, 15) is 18.8 Å². The van der Waals surface area contributed by atoms with Gasteiger partial charge in [0.15, 0.2) is 18.1 Å². The topological polar surface area (TPSA) is 97.5 Å². The van der Waals surface area contributed by atoms with Gasteiger partial charge in [0.25, 0.3) is 5.56 Å². The monoisotopic (exact) mass is 542 g/mol. The van der Waals surface area contributed by atoms with E-state index in [0.717, 1.165) is 12.7 Å². The molecule has 0 saturated carbocycles. The van der Waals surface area contributed by atoms with Gasteiger partial charge in [-0.1, -0.05) is 48.0 Å². The minimum Gasteiger partial charge on any atom is -0.483 e. The third-order valence-corrected chi connectivity index (χ3v) is 6.11. The Bertz CT molecular complexity index is 1620. The van der Waals surface area contributed by atoms with E-state index in [4.69, 9.17) is 30.5 Å². The fourth-order valence-corrected chi connectivity index (χ4v) is 4.14. The number of fused-ring (bicyclic) bond motifs is 1. The second-order valence-electron chi connectivity index (χ2n) is 8.27. The van der Waals surface area contributed by atoms with E-state index in [0.29, 0.717) is 11.3 Å². The molecule has 0 atom stereocenters. The first-order valence-electron chi connectivity index (χ1n) is 11.4. The zero-order valence-corrected chi connectivity index (χ0v) is 21.6. The molecule has 0 spiro atoms. The highest BCUT2D eigenvalue weighted by Gasteiger charge is 2.25. The van der Waals surface area contributed by atoms with Gasteiger partial charge in [0.2, 0.25) is 11.3 Å². The molecular weight excluding hydrogens is 519 g/mol. The van der Waals surface area contributed by atoms with Crippen LogP contribution < -0.4 is 20.5 Å². The Morgan fingerprint density at radius 2 is 1.76 bits per heavy atom. The third-order valence-electron chi connectivity index (χ3n) is 5.82. The van der Waals surface area contributed by atoms with E-state index in [1.807, 2.05) is 6.07 Å². The molecule has 11 heteroatoms. The number of carbonyl (C=O) groups excluding carboxylic acids is 1. The summed E-state index contributed by atoms with van der Waals surface area (Å²) in [5, 5.41) is -0.101. The molecule has 0 fully saturated rings. The molecule has 9 nitrogen and oxygen atoms in total. The number of esters is 1. The number of hydrogen-bond acceptors (Lipinski definition) is 7. The fraction of sp³-hybridized carbons (Fsp3) is 0.222. The molecular formula is C27H24ClFN2O7. The number of benzene rings is 2. The van der Waals surface area contributed by atoms with Crippen LogP contribution in [-0.4, -0.2) is 35.9 Å². The Morgan fingerprint density at radius 3 is 2.42 bits per heavy atom. The van der Waals surface area contributed by atoms with Crippen LogP contribution in [-0.2, 0) is 22.6 Å². The molecule has 4 rings (SSSR count). The van der Waals surface area contributed by atoms with Gasteiger partial charge in [-0.05, 0) is 30.2 Å². The molecule has 2 aromatic heterocycles. The van der Waals surface area contributed by atoms with Gasteiger partial charge in [-0.3, -0.25) is 14.0 Å². The van der Waals surface area contributed by atoms with Crippen LogP contribution in [0.5, 0.6) is 11.6 Å². The number of ether oxygens (including phenoxy) is 4. The molecule has 0 radical (unpaired) electrons. The number of halogens is 2. The molecule has 2 aromatic carbocycles. The van der Waals surface area contributed by atoms with Crippen LogP contribution in [0.2, 0.25) is 5.02 Å². The van der Waals surface area contributed by atoms with E-state index < -0.39 is 22.8 Å². The lowest BCUT2D eigenvalue weighted by Crippen LogP contribution is -2.31. The number of rotatable bonds is 9. The number of methoxy groups -OCH3 is 2. The van der Waals surface area contributed by atoms with Gasteiger partial charge in [-0.25, -0.2) is 9.18 Å². The Balaban J connectivity index is 2.01. The smallest absolute Gasteiger partial charge is 0.343 e. The first kappa shape index (κ1) is 26.9. The van der Waals surface area contributed by atoms with Gasteiger partial charge in [0, 0.05) is 13.3 Å². The van der Waals surface area contributed by atoms with Crippen molar-refractivity contribution < 1.29 is 28.1 Å². The average molecular weight is 543 g/mol. The fourth-order valence-electron chi connectivity index (χ4n) is 3.94. The predicted octanol–water partition coefficient (Wildman–Crippen LogP) is 3.96. The lowest BCUT2D eigenvalue weighted by atomic mass is 10.2. The van der Waals surface area contributed by atoms with E-state index in [1.54, 1.807) is 31.2 Å². The Labute approximate surface area is 221 Å². The van der Waals surface area contributed by atoms with Crippen molar-refractivity contribution in [2.45, 2.75) is 20.1 Å². The SMILES string of the molecule is COCOc1c(C)n(Cc2ccc(F)c(Cl)c2)c(=O)c2c(OCc3ccccc3)c(=O)c(C(=O)OC)cn12. The maximum atomic E-state index is 13.9. The summed E-state index contributed by atoms with van der Waals surface area (Å²) in [7, 11) is 2.56. The van der Waals surface area contributed by atoms with Crippen LogP contribution in [0.1, 0.15) is 27.2 Å². The van der Waals surface area contributed by atoms with Gasteiger partial charge in [0.05, 0.1) is 24.4 Å². The molecule has 0 aliphatic rings. The molecule has 0 aliphatic carbocycles. The molecule has 0 aliphatic heterocycles. The quantitative estimate of drug-likeness (QED) is 0.233. The van der Waals surface area contributed by atoms with Crippen LogP contribution in [0.4, 0.5) is 4.39 Å². The van der Waals surface area contributed by atoms with Crippen molar-refractivity contribution in [2.75, 3.05) is 21.0 Å². The van der Waals surface area contributed by atoms with Crippen molar-refractivity contribution in [2.24, 2.45) is 0 Å². The standard InChI is InChI=1S/C27H24ClFN2O7/c1-16-26(38-15-35-2)31-13-19(27(34)36-3)23(32)24(37-14-17-7-5-4-6-8-17)22(31)25(33)30(16)12-18-9-10-21(29)20(28)11-18/h4-11,13H,12,14-15H2,1-3H3. The minimum atomic E-state index is -0.908. The van der Waals surface area contributed by atoms with Gasteiger partial charge in [-0.2, -0.15) is 0 Å².